The Kier molecular flexibility index (Phi) is 6.92. The van der Waals surface area contributed by atoms with Gasteiger partial charge in [0.2, 0.25) is 0 Å². The number of nitriles is 1. The summed E-state index contributed by atoms with van der Waals surface area (Å²) in [6, 6.07) is 6.58. The standard InChI is InChI=1S/C24H21ClN6O4S/c1-3-35-22-14(4-6-31-7-5-19(32)21-23(27)29-13-30-24(21)31)9-18(25)17(10-26)20(22)15-8-16(12-28-11-15)36(2,33)34/h5,7-9,11-13H,3-4,6H2,1-2H3,(H2,27,29,30). The molecule has 0 aliphatic heterocycles. The van der Waals surface area contributed by atoms with Crippen molar-refractivity contribution in [2.75, 3.05) is 18.6 Å². The number of aromatic nitrogens is 4. The number of rotatable bonds is 7. The molecule has 36 heavy (non-hydrogen) atoms. The molecule has 0 amide bonds. The number of benzene rings is 1. The molecule has 0 atom stereocenters. The molecule has 0 bridgehead atoms. The van der Waals surface area contributed by atoms with E-state index < -0.39 is 9.84 Å². The van der Waals surface area contributed by atoms with E-state index in [-0.39, 0.29) is 38.7 Å². The van der Waals surface area contributed by atoms with Crippen molar-refractivity contribution in [3.05, 3.63) is 69.5 Å². The SMILES string of the molecule is CCOc1c(CCn2ccc(=O)c3c(N)ncnc32)cc(Cl)c(C#N)c1-c1cncc(S(C)(=O)=O)c1. The van der Waals surface area contributed by atoms with Gasteiger partial charge in [-0.05, 0) is 31.0 Å². The zero-order valence-corrected chi connectivity index (χ0v) is 21.0. The van der Waals surface area contributed by atoms with Gasteiger partial charge in [0.05, 0.1) is 22.1 Å². The highest BCUT2D eigenvalue weighted by Gasteiger charge is 2.22. The first kappa shape index (κ1) is 25.1. The summed E-state index contributed by atoms with van der Waals surface area (Å²) >= 11 is 6.50. The summed E-state index contributed by atoms with van der Waals surface area (Å²) in [5, 5.41) is 10.3. The summed E-state index contributed by atoms with van der Waals surface area (Å²) in [5.74, 6) is 0.488. The molecule has 10 nitrogen and oxygen atoms in total. The van der Waals surface area contributed by atoms with Gasteiger partial charge in [0.1, 0.15) is 35.0 Å². The van der Waals surface area contributed by atoms with E-state index in [2.05, 4.69) is 21.0 Å². The quantitative estimate of drug-likeness (QED) is 0.384. The monoisotopic (exact) mass is 524 g/mol. The van der Waals surface area contributed by atoms with Crippen LogP contribution in [0.2, 0.25) is 5.02 Å². The molecular weight excluding hydrogens is 504 g/mol. The molecule has 3 aromatic heterocycles. The molecule has 12 heteroatoms. The van der Waals surface area contributed by atoms with Crippen molar-refractivity contribution < 1.29 is 13.2 Å². The van der Waals surface area contributed by atoms with Gasteiger partial charge in [-0.3, -0.25) is 9.78 Å². The van der Waals surface area contributed by atoms with E-state index >= 15 is 0 Å². The van der Waals surface area contributed by atoms with Gasteiger partial charge in [0.25, 0.3) is 0 Å². The van der Waals surface area contributed by atoms with Crippen molar-refractivity contribution in [3.63, 3.8) is 0 Å². The van der Waals surface area contributed by atoms with Crippen LogP contribution in [0.1, 0.15) is 18.1 Å². The first-order chi connectivity index (χ1) is 17.2. The smallest absolute Gasteiger partial charge is 0.194 e. The van der Waals surface area contributed by atoms with E-state index in [1.807, 2.05) is 0 Å². The molecule has 0 radical (unpaired) electrons. The van der Waals surface area contributed by atoms with Crippen molar-refractivity contribution in [2.45, 2.75) is 24.8 Å². The normalized spacial score (nSPS) is 11.4. The van der Waals surface area contributed by atoms with Gasteiger partial charge in [0.15, 0.2) is 15.3 Å². The van der Waals surface area contributed by atoms with Gasteiger partial charge in [0, 0.05) is 48.6 Å². The molecule has 0 spiro atoms. The van der Waals surface area contributed by atoms with E-state index in [1.54, 1.807) is 23.8 Å². The molecule has 1 aromatic carbocycles. The van der Waals surface area contributed by atoms with Crippen molar-refractivity contribution >= 4 is 38.3 Å². The van der Waals surface area contributed by atoms with Crippen LogP contribution < -0.4 is 15.9 Å². The Labute approximate surface area is 211 Å². The Balaban J connectivity index is 1.86. The highest BCUT2D eigenvalue weighted by atomic mass is 35.5. The lowest BCUT2D eigenvalue weighted by Gasteiger charge is -2.19. The van der Waals surface area contributed by atoms with Crippen LogP contribution in [0.5, 0.6) is 5.75 Å². The lowest BCUT2D eigenvalue weighted by Crippen LogP contribution is -2.14. The molecule has 0 saturated heterocycles. The lowest BCUT2D eigenvalue weighted by molar-refractivity contribution is 0.337. The summed E-state index contributed by atoms with van der Waals surface area (Å²) in [6.45, 7) is 2.46. The van der Waals surface area contributed by atoms with Crippen LogP contribution in [0.25, 0.3) is 22.2 Å². The van der Waals surface area contributed by atoms with Gasteiger partial charge in [-0.1, -0.05) is 11.6 Å². The van der Waals surface area contributed by atoms with Crippen LogP contribution in [-0.4, -0.2) is 40.8 Å². The van der Waals surface area contributed by atoms with E-state index in [1.165, 1.54) is 30.9 Å². The Hall–Kier alpha value is -4.01. The largest absolute Gasteiger partial charge is 0.493 e. The van der Waals surface area contributed by atoms with E-state index in [4.69, 9.17) is 22.1 Å². The summed E-state index contributed by atoms with van der Waals surface area (Å²) in [7, 11) is -3.54. The number of anilines is 1. The van der Waals surface area contributed by atoms with Gasteiger partial charge in [-0.15, -0.1) is 0 Å². The molecule has 0 unspecified atom stereocenters. The fourth-order valence-corrected chi connectivity index (χ4v) is 4.76. The number of ether oxygens (including phenoxy) is 1. The topological polar surface area (TPSA) is 154 Å². The Bertz CT molecular complexity index is 1700. The number of hydrogen-bond acceptors (Lipinski definition) is 9. The molecule has 184 valence electrons. The first-order valence-electron chi connectivity index (χ1n) is 10.8. The fourth-order valence-electron chi connectivity index (χ4n) is 3.90. The zero-order chi connectivity index (χ0) is 26.0. The lowest BCUT2D eigenvalue weighted by atomic mass is 9.95. The Morgan fingerprint density at radius 2 is 2.03 bits per heavy atom. The second-order valence-electron chi connectivity index (χ2n) is 7.90. The highest BCUT2D eigenvalue weighted by Crippen LogP contribution is 2.41. The fraction of sp³-hybridized carbons (Fsp3) is 0.208. The molecule has 0 aliphatic carbocycles. The van der Waals surface area contributed by atoms with Crippen LogP contribution in [0.4, 0.5) is 5.82 Å². The molecule has 3 heterocycles. The molecule has 0 saturated carbocycles. The minimum atomic E-state index is -3.54. The van der Waals surface area contributed by atoms with Crippen molar-refractivity contribution in [2.24, 2.45) is 0 Å². The third kappa shape index (κ3) is 4.73. The molecule has 4 aromatic rings. The third-order valence-electron chi connectivity index (χ3n) is 5.54. The van der Waals surface area contributed by atoms with Crippen molar-refractivity contribution in [1.29, 1.82) is 5.26 Å². The zero-order valence-electron chi connectivity index (χ0n) is 19.4. The number of sulfone groups is 1. The predicted octanol–water partition coefficient (Wildman–Crippen LogP) is 3.01. The third-order valence-corrected chi connectivity index (χ3v) is 6.92. The number of halogens is 1. The van der Waals surface area contributed by atoms with Crippen LogP contribution >= 0.6 is 11.6 Å². The average Bonchev–Trinajstić information content (AvgIpc) is 2.84. The summed E-state index contributed by atoms with van der Waals surface area (Å²) < 4.78 is 32.0. The van der Waals surface area contributed by atoms with Gasteiger partial charge >= 0.3 is 0 Å². The van der Waals surface area contributed by atoms with Crippen LogP contribution in [0.15, 0.2) is 52.8 Å². The van der Waals surface area contributed by atoms with Crippen LogP contribution in [-0.2, 0) is 22.8 Å². The van der Waals surface area contributed by atoms with E-state index in [9.17, 15) is 18.5 Å². The number of fused-ring (bicyclic) bond motifs is 1. The maximum absolute atomic E-state index is 12.3. The molecule has 2 N–H and O–H groups in total. The summed E-state index contributed by atoms with van der Waals surface area (Å²) in [6.07, 6.45) is 7.07. The summed E-state index contributed by atoms with van der Waals surface area (Å²) in [4.78, 5) is 24.5. The van der Waals surface area contributed by atoms with Crippen LogP contribution in [0.3, 0.4) is 0 Å². The van der Waals surface area contributed by atoms with Gasteiger partial charge < -0.3 is 15.0 Å². The number of hydrogen-bond donors (Lipinski definition) is 1. The number of pyridine rings is 2. The number of nitrogen functional groups attached to an aromatic ring is 1. The van der Waals surface area contributed by atoms with Crippen LogP contribution in [0, 0.1) is 11.3 Å². The van der Waals surface area contributed by atoms with Gasteiger partial charge in [-0.25, -0.2) is 18.4 Å². The van der Waals surface area contributed by atoms with Crippen molar-refractivity contribution in [3.8, 4) is 22.9 Å². The molecule has 0 aliphatic rings. The van der Waals surface area contributed by atoms with E-state index in [0.717, 1.165) is 6.26 Å². The molecular formula is C24H21ClN6O4S. The second kappa shape index (κ2) is 9.93. The summed E-state index contributed by atoms with van der Waals surface area (Å²) in [5.41, 5.74) is 7.56. The average molecular weight is 525 g/mol. The number of aryl methyl sites for hydroxylation is 2. The Morgan fingerprint density at radius 1 is 1.25 bits per heavy atom. The Morgan fingerprint density at radius 3 is 2.72 bits per heavy atom. The van der Waals surface area contributed by atoms with Gasteiger partial charge in [-0.2, -0.15) is 5.26 Å². The predicted molar refractivity (Wildman–Crippen MR) is 136 cm³/mol. The van der Waals surface area contributed by atoms with E-state index in [0.29, 0.717) is 41.1 Å². The number of nitrogens with zero attached hydrogens (tertiary/aromatic N) is 5. The minimum absolute atomic E-state index is 0.00450. The van der Waals surface area contributed by atoms with Crippen molar-refractivity contribution in [1.82, 2.24) is 19.5 Å². The first-order valence-corrected chi connectivity index (χ1v) is 13.1. The maximum atomic E-state index is 12.3. The molecule has 4 rings (SSSR count). The number of nitrogens with two attached hydrogens (primary N) is 1. The maximum Gasteiger partial charge on any atom is 0.194 e. The minimum Gasteiger partial charge on any atom is -0.493 e. The molecule has 0 fully saturated rings. The highest BCUT2D eigenvalue weighted by molar-refractivity contribution is 7.90. The second-order valence-corrected chi connectivity index (χ2v) is 10.3.